The molecule has 0 saturated heterocycles. The molecule has 1 nitrogen and oxygen atoms in total. The maximum Gasteiger partial charge on any atom is 0.0327 e. The third kappa shape index (κ3) is 4.56. The minimum Gasteiger partial charge on any atom is -0.309 e. The first-order valence-corrected chi connectivity index (χ1v) is 7.79. The van der Waals surface area contributed by atoms with Crippen molar-refractivity contribution >= 4 is 27.3 Å². The quantitative estimate of drug-likeness (QED) is 0.762. The second kappa shape index (κ2) is 7.46. The standard InChI is InChI=1S/C13H22BrNS/c1-4-10(3)8-11(5-2)15-9-13-12(14)6-7-16-13/h6-7,10-11,15H,4-5,8-9H2,1-3H3. The highest BCUT2D eigenvalue weighted by atomic mass is 79.9. The number of halogens is 1. The van der Waals surface area contributed by atoms with Crippen molar-refractivity contribution in [1.82, 2.24) is 5.32 Å². The van der Waals surface area contributed by atoms with E-state index >= 15 is 0 Å². The Bertz CT molecular complexity index is 298. The minimum atomic E-state index is 0.656. The number of rotatable bonds is 7. The molecule has 0 saturated carbocycles. The summed E-state index contributed by atoms with van der Waals surface area (Å²) in [6.07, 6.45) is 3.78. The third-order valence-corrected chi connectivity index (χ3v) is 5.05. The average Bonchev–Trinajstić information content (AvgIpc) is 2.69. The molecule has 1 aromatic rings. The van der Waals surface area contributed by atoms with Crippen molar-refractivity contribution in [2.45, 2.75) is 52.6 Å². The normalized spacial score (nSPS) is 15.0. The number of nitrogens with one attached hydrogen (secondary N) is 1. The highest BCUT2D eigenvalue weighted by molar-refractivity contribution is 9.10. The second-order valence-corrected chi connectivity index (χ2v) is 6.28. The van der Waals surface area contributed by atoms with Crippen molar-refractivity contribution in [3.05, 3.63) is 20.8 Å². The zero-order valence-corrected chi connectivity index (χ0v) is 12.8. The molecule has 0 aliphatic rings. The van der Waals surface area contributed by atoms with Gasteiger partial charge in [-0.25, -0.2) is 0 Å². The van der Waals surface area contributed by atoms with Gasteiger partial charge in [0.15, 0.2) is 0 Å². The lowest BCUT2D eigenvalue weighted by molar-refractivity contribution is 0.385. The molecule has 92 valence electrons. The highest BCUT2D eigenvalue weighted by Gasteiger charge is 2.10. The van der Waals surface area contributed by atoms with E-state index in [2.05, 4.69) is 53.5 Å². The lowest BCUT2D eigenvalue weighted by atomic mass is 9.98. The molecule has 3 heteroatoms. The van der Waals surface area contributed by atoms with Gasteiger partial charge in [-0.05, 0) is 46.1 Å². The summed E-state index contributed by atoms with van der Waals surface area (Å²) >= 11 is 5.39. The molecule has 0 aliphatic heterocycles. The van der Waals surface area contributed by atoms with Gasteiger partial charge < -0.3 is 5.32 Å². The van der Waals surface area contributed by atoms with Gasteiger partial charge in [0.2, 0.25) is 0 Å². The largest absolute Gasteiger partial charge is 0.309 e. The molecule has 2 unspecified atom stereocenters. The monoisotopic (exact) mass is 303 g/mol. The summed E-state index contributed by atoms with van der Waals surface area (Å²) in [7, 11) is 0. The molecule has 0 spiro atoms. The van der Waals surface area contributed by atoms with Gasteiger partial charge in [-0.3, -0.25) is 0 Å². The molecule has 0 aliphatic carbocycles. The van der Waals surface area contributed by atoms with Crippen LogP contribution >= 0.6 is 27.3 Å². The van der Waals surface area contributed by atoms with Crippen LogP contribution in [0.3, 0.4) is 0 Å². The molecule has 0 radical (unpaired) electrons. The van der Waals surface area contributed by atoms with E-state index in [1.807, 2.05) is 11.3 Å². The molecule has 0 bridgehead atoms. The molecule has 1 heterocycles. The third-order valence-electron chi connectivity index (χ3n) is 3.12. The van der Waals surface area contributed by atoms with Crippen LogP contribution < -0.4 is 5.32 Å². The first-order valence-electron chi connectivity index (χ1n) is 6.12. The van der Waals surface area contributed by atoms with Crippen LogP contribution in [0.5, 0.6) is 0 Å². The van der Waals surface area contributed by atoms with E-state index in [9.17, 15) is 0 Å². The molecule has 1 N–H and O–H groups in total. The van der Waals surface area contributed by atoms with Gasteiger partial charge in [0.1, 0.15) is 0 Å². The Morgan fingerprint density at radius 1 is 1.38 bits per heavy atom. The summed E-state index contributed by atoms with van der Waals surface area (Å²) in [6.45, 7) is 7.87. The van der Waals surface area contributed by atoms with Crippen LogP contribution in [0, 0.1) is 5.92 Å². The number of hydrogen-bond acceptors (Lipinski definition) is 2. The summed E-state index contributed by atoms with van der Waals surface area (Å²) < 4.78 is 1.24. The minimum absolute atomic E-state index is 0.656. The first kappa shape index (κ1) is 14.2. The van der Waals surface area contributed by atoms with Crippen LogP contribution in [-0.2, 0) is 6.54 Å². The van der Waals surface area contributed by atoms with Gasteiger partial charge in [0, 0.05) is 21.9 Å². The van der Waals surface area contributed by atoms with E-state index in [1.54, 1.807) is 0 Å². The van der Waals surface area contributed by atoms with Gasteiger partial charge >= 0.3 is 0 Å². The van der Waals surface area contributed by atoms with E-state index in [-0.39, 0.29) is 0 Å². The van der Waals surface area contributed by atoms with Crippen molar-refractivity contribution in [2.24, 2.45) is 5.92 Å². The topological polar surface area (TPSA) is 12.0 Å². The second-order valence-electron chi connectivity index (χ2n) is 4.43. The summed E-state index contributed by atoms with van der Waals surface area (Å²) in [5.41, 5.74) is 0. The number of hydrogen-bond donors (Lipinski definition) is 1. The molecule has 16 heavy (non-hydrogen) atoms. The van der Waals surface area contributed by atoms with Gasteiger partial charge in [-0.2, -0.15) is 0 Å². The summed E-state index contributed by atoms with van der Waals surface area (Å²) in [5.74, 6) is 0.823. The van der Waals surface area contributed by atoms with E-state index in [0.717, 1.165) is 12.5 Å². The molecular formula is C13H22BrNS. The van der Waals surface area contributed by atoms with Crippen molar-refractivity contribution in [1.29, 1.82) is 0 Å². The van der Waals surface area contributed by atoms with E-state index < -0.39 is 0 Å². The van der Waals surface area contributed by atoms with Gasteiger partial charge in [0.05, 0.1) is 0 Å². The molecule has 1 aromatic heterocycles. The zero-order chi connectivity index (χ0) is 12.0. The van der Waals surface area contributed by atoms with Crippen LogP contribution in [0.15, 0.2) is 15.9 Å². The Hall–Kier alpha value is 0.140. The summed E-state index contributed by atoms with van der Waals surface area (Å²) in [4.78, 5) is 1.41. The lowest BCUT2D eigenvalue weighted by Crippen LogP contribution is -2.29. The summed E-state index contributed by atoms with van der Waals surface area (Å²) in [6, 6.07) is 2.78. The van der Waals surface area contributed by atoms with Crippen molar-refractivity contribution in [3.8, 4) is 0 Å². The van der Waals surface area contributed by atoms with E-state index in [0.29, 0.717) is 6.04 Å². The fourth-order valence-electron chi connectivity index (χ4n) is 1.73. The van der Waals surface area contributed by atoms with Crippen LogP contribution in [0.2, 0.25) is 0 Å². The van der Waals surface area contributed by atoms with Crippen LogP contribution in [0.25, 0.3) is 0 Å². The van der Waals surface area contributed by atoms with Gasteiger partial charge in [-0.1, -0.05) is 27.2 Å². The van der Waals surface area contributed by atoms with Gasteiger partial charge in [-0.15, -0.1) is 11.3 Å². The Balaban J connectivity index is 2.37. The van der Waals surface area contributed by atoms with Crippen molar-refractivity contribution in [2.75, 3.05) is 0 Å². The van der Waals surface area contributed by atoms with Crippen molar-refractivity contribution < 1.29 is 0 Å². The van der Waals surface area contributed by atoms with Crippen molar-refractivity contribution in [3.63, 3.8) is 0 Å². The molecule has 0 aromatic carbocycles. The highest BCUT2D eigenvalue weighted by Crippen LogP contribution is 2.23. The smallest absolute Gasteiger partial charge is 0.0327 e. The molecule has 2 atom stereocenters. The Labute approximate surface area is 112 Å². The van der Waals surface area contributed by atoms with E-state index in [1.165, 1.54) is 28.6 Å². The average molecular weight is 304 g/mol. The fourth-order valence-corrected chi connectivity index (χ4v) is 3.18. The zero-order valence-electron chi connectivity index (χ0n) is 10.4. The molecular weight excluding hydrogens is 282 g/mol. The fraction of sp³-hybridized carbons (Fsp3) is 0.692. The molecule has 1 rings (SSSR count). The maximum atomic E-state index is 3.66. The summed E-state index contributed by atoms with van der Waals surface area (Å²) in [5, 5.41) is 5.79. The molecule has 0 amide bonds. The van der Waals surface area contributed by atoms with Gasteiger partial charge in [0.25, 0.3) is 0 Å². The number of thiophene rings is 1. The predicted octanol–water partition coefficient (Wildman–Crippen LogP) is 4.82. The lowest BCUT2D eigenvalue weighted by Gasteiger charge is -2.20. The predicted molar refractivity (Wildman–Crippen MR) is 77.0 cm³/mol. The Morgan fingerprint density at radius 2 is 2.12 bits per heavy atom. The maximum absolute atomic E-state index is 3.66. The van der Waals surface area contributed by atoms with Crippen LogP contribution in [0.1, 0.15) is 44.9 Å². The van der Waals surface area contributed by atoms with Crippen LogP contribution in [-0.4, -0.2) is 6.04 Å². The Kier molecular flexibility index (Phi) is 6.62. The van der Waals surface area contributed by atoms with E-state index in [4.69, 9.17) is 0 Å². The SMILES string of the molecule is CCC(C)CC(CC)NCc1sccc1Br. The Morgan fingerprint density at radius 3 is 2.62 bits per heavy atom. The first-order chi connectivity index (χ1) is 7.67. The van der Waals surface area contributed by atoms with Crippen LogP contribution in [0.4, 0.5) is 0 Å². The molecule has 0 fully saturated rings.